The molecule has 2 amide bonds. The molecule has 1 fully saturated rings. The molecule has 1 aliphatic heterocycles. The quantitative estimate of drug-likeness (QED) is 0.828. The average Bonchev–Trinajstić information content (AvgIpc) is 2.39. The number of rotatable bonds is 2. The van der Waals surface area contributed by atoms with Crippen molar-refractivity contribution < 1.29 is 9.69 Å². The second-order valence-corrected chi connectivity index (χ2v) is 4.97. The number of nitrogens with zero attached hydrogens (tertiary/aromatic N) is 1. The van der Waals surface area contributed by atoms with E-state index in [4.69, 9.17) is 11.6 Å². The van der Waals surface area contributed by atoms with Gasteiger partial charge in [0.25, 0.3) is 0 Å². The third-order valence-electron chi connectivity index (χ3n) is 3.33. The lowest BCUT2D eigenvalue weighted by atomic mass is 10.3. The lowest BCUT2D eigenvalue weighted by molar-refractivity contribution is -0.902. The fraction of sp³-hybridized carbons (Fsp3) is 0.462. The number of benzene rings is 1. The maximum Gasteiger partial charge on any atom is 0.322 e. The molecule has 0 radical (unpaired) electrons. The zero-order valence-electron chi connectivity index (χ0n) is 10.6. The van der Waals surface area contributed by atoms with Crippen LogP contribution in [0.1, 0.15) is 6.92 Å². The monoisotopic (exact) mass is 268 g/mol. The van der Waals surface area contributed by atoms with E-state index in [2.05, 4.69) is 12.2 Å². The number of quaternary nitrogens is 1. The highest BCUT2D eigenvalue weighted by Crippen LogP contribution is 2.15. The largest absolute Gasteiger partial charge is 0.332 e. The molecule has 98 valence electrons. The van der Waals surface area contributed by atoms with Crippen molar-refractivity contribution in [2.45, 2.75) is 6.92 Å². The van der Waals surface area contributed by atoms with Gasteiger partial charge in [-0.3, -0.25) is 0 Å². The number of halogens is 1. The number of likely N-dealkylation sites (N-methyl/N-ethyl adjacent to an activating group) is 1. The van der Waals surface area contributed by atoms with Crippen molar-refractivity contribution in [1.29, 1.82) is 0 Å². The molecule has 2 rings (SSSR count). The van der Waals surface area contributed by atoms with Gasteiger partial charge in [0.05, 0.1) is 32.7 Å². The summed E-state index contributed by atoms with van der Waals surface area (Å²) in [5, 5.41) is 3.51. The number of piperazine rings is 1. The first-order valence-corrected chi connectivity index (χ1v) is 6.72. The molecule has 1 saturated heterocycles. The van der Waals surface area contributed by atoms with Gasteiger partial charge in [-0.15, -0.1) is 0 Å². The predicted molar refractivity (Wildman–Crippen MR) is 73.3 cm³/mol. The zero-order valence-corrected chi connectivity index (χ0v) is 11.3. The molecule has 0 bridgehead atoms. The molecule has 18 heavy (non-hydrogen) atoms. The van der Waals surface area contributed by atoms with Gasteiger partial charge < -0.3 is 15.1 Å². The van der Waals surface area contributed by atoms with Gasteiger partial charge in [-0.2, -0.15) is 0 Å². The molecule has 0 atom stereocenters. The number of carbonyl (C=O) groups is 1. The lowest BCUT2D eigenvalue weighted by Crippen LogP contribution is -3.14. The van der Waals surface area contributed by atoms with Crippen LogP contribution in [-0.4, -0.2) is 43.7 Å². The third-order valence-corrected chi connectivity index (χ3v) is 3.57. The Morgan fingerprint density at radius 2 is 2.17 bits per heavy atom. The molecule has 0 spiro atoms. The van der Waals surface area contributed by atoms with Crippen LogP contribution in [0.5, 0.6) is 0 Å². The average molecular weight is 269 g/mol. The number of amides is 2. The SMILES string of the molecule is CC[NH+]1CCN(C(=O)Nc2cccc(Cl)c2)CC1. The van der Waals surface area contributed by atoms with Crippen molar-refractivity contribution in [2.24, 2.45) is 0 Å². The van der Waals surface area contributed by atoms with Gasteiger partial charge in [0.2, 0.25) is 0 Å². The van der Waals surface area contributed by atoms with Gasteiger partial charge >= 0.3 is 6.03 Å². The van der Waals surface area contributed by atoms with E-state index in [1.807, 2.05) is 17.0 Å². The summed E-state index contributed by atoms with van der Waals surface area (Å²) in [5.41, 5.74) is 0.748. The molecular weight excluding hydrogens is 250 g/mol. The Bertz CT molecular complexity index is 416. The number of carbonyl (C=O) groups excluding carboxylic acids is 1. The standard InChI is InChI=1S/C13H18ClN3O/c1-2-16-6-8-17(9-7-16)13(18)15-12-5-3-4-11(14)10-12/h3-5,10H,2,6-9H2,1H3,(H,15,18)/p+1. The third kappa shape index (κ3) is 3.37. The van der Waals surface area contributed by atoms with Crippen LogP contribution in [0.3, 0.4) is 0 Å². The van der Waals surface area contributed by atoms with Crippen LogP contribution in [0.2, 0.25) is 5.02 Å². The summed E-state index contributed by atoms with van der Waals surface area (Å²) in [7, 11) is 0. The van der Waals surface area contributed by atoms with Crippen molar-refractivity contribution in [1.82, 2.24) is 4.90 Å². The lowest BCUT2D eigenvalue weighted by Gasteiger charge is -2.31. The van der Waals surface area contributed by atoms with Crippen LogP contribution in [0, 0.1) is 0 Å². The van der Waals surface area contributed by atoms with Crippen LogP contribution in [0.25, 0.3) is 0 Å². The summed E-state index contributed by atoms with van der Waals surface area (Å²) < 4.78 is 0. The first-order chi connectivity index (χ1) is 8.69. The molecule has 1 aliphatic rings. The minimum atomic E-state index is -0.0348. The molecule has 2 N–H and O–H groups in total. The van der Waals surface area contributed by atoms with Gasteiger partial charge in [-0.25, -0.2) is 4.79 Å². The molecule has 1 aromatic carbocycles. The van der Waals surface area contributed by atoms with Crippen LogP contribution in [0.4, 0.5) is 10.5 Å². The van der Waals surface area contributed by atoms with Gasteiger partial charge in [0.1, 0.15) is 0 Å². The summed E-state index contributed by atoms with van der Waals surface area (Å²) in [6.45, 7) is 6.99. The van der Waals surface area contributed by atoms with E-state index in [1.165, 1.54) is 0 Å². The molecule has 0 unspecified atom stereocenters. The summed E-state index contributed by atoms with van der Waals surface area (Å²) in [5.74, 6) is 0. The highest BCUT2D eigenvalue weighted by atomic mass is 35.5. The van der Waals surface area contributed by atoms with Gasteiger partial charge in [0.15, 0.2) is 0 Å². The Balaban J connectivity index is 1.89. The number of nitrogens with one attached hydrogen (secondary N) is 2. The highest BCUT2D eigenvalue weighted by Gasteiger charge is 2.22. The minimum absolute atomic E-state index is 0.0348. The summed E-state index contributed by atoms with van der Waals surface area (Å²) >= 11 is 5.88. The molecule has 4 nitrogen and oxygen atoms in total. The molecule has 5 heteroatoms. The smallest absolute Gasteiger partial charge is 0.322 e. The van der Waals surface area contributed by atoms with E-state index in [0.29, 0.717) is 5.02 Å². The maximum atomic E-state index is 12.0. The Kier molecular flexibility index (Phi) is 4.44. The number of hydrogen-bond donors (Lipinski definition) is 2. The zero-order chi connectivity index (χ0) is 13.0. The van der Waals surface area contributed by atoms with E-state index in [-0.39, 0.29) is 6.03 Å². The first-order valence-electron chi connectivity index (χ1n) is 6.34. The van der Waals surface area contributed by atoms with Crippen LogP contribution >= 0.6 is 11.6 Å². The van der Waals surface area contributed by atoms with Crippen LogP contribution < -0.4 is 10.2 Å². The molecular formula is C13H19ClN3O+. The molecule has 0 saturated carbocycles. The maximum absolute atomic E-state index is 12.0. The minimum Gasteiger partial charge on any atom is -0.332 e. The molecule has 1 aromatic rings. The van der Waals surface area contributed by atoms with Crippen molar-refractivity contribution in [2.75, 3.05) is 38.0 Å². The fourth-order valence-electron chi connectivity index (χ4n) is 2.15. The van der Waals surface area contributed by atoms with Crippen LogP contribution in [0.15, 0.2) is 24.3 Å². The molecule has 0 aliphatic carbocycles. The molecule has 0 aromatic heterocycles. The van der Waals surface area contributed by atoms with E-state index in [0.717, 1.165) is 38.4 Å². The number of urea groups is 1. The van der Waals surface area contributed by atoms with Gasteiger partial charge in [-0.05, 0) is 25.1 Å². The highest BCUT2D eigenvalue weighted by molar-refractivity contribution is 6.30. The van der Waals surface area contributed by atoms with E-state index in [1.54, 1.807) is 17.0 Å². The molecule has 1 heterocycles. The first kappa shape index (κ1) is 13.2. The van der Waals surface area contributed by atoms with E-state index in [9.17, 15) is 4.79 Å². The Morgan fingerprint density at radius 3 is 2.78 bits per heavy atom. The number of anilines is 1. The Morgan fingerprint density at radius 1 is 1.44 bits per heavy atom. The topological polar surface area (TPSA) is 36.8 Å². The second kappa shape index (κ2) is 6.07. The summed E-state index contributed by atoms with van der Waals surface area (Å²) in [6, 6.07) is 7.19. The van der Waals surface area contributed by atoms with Crippen molar-refractivity contribution in [3.05, 3.63) is 29.3 Å². The summed E-state index contributed by atoms with van der Waals surface area (Å²) in [4.78, 5) is 15.5. The Hall–Kier alpha value is -1.26. The number of hydrogen-bond acceptors (Lipinski definition) is 1. The normalized spacial score (nSPS) is 16.7. The van der Waals surface area contributed by atoms with Gasteiger partial charge in [-0.1, -0.05) is 17.7 Å². The second-order valence-electron chi connectivity index (χ2n) is 4.53. The van der Waals surface area contributed by atoms with Crippen LogP contribution in [-0.2, 0) is 0 Å². The van der Waals surface area contributed by atoms with Gasteiger partial charge in [0, 0.05) is 10.7 Å². The predicted octanol–water partition coefficient (Wildman–Crippen LogP) is 1.09. The van der Waals surface area contributed by atoms with E-state index < -0.39 is 0 Å². The fourth-order valence-corrected chi connectivity index (χ4v) is 2.34. The van der Waals surface area contributed by atoms with Crippen molar-refractivity contribution >= 4 is 23.3 Å². The van der Waals surface area contributed by atoms with Crippen molar-refractivity contribution in [3.63, 3.8) is 0 Å². The summed E-state index contributed by atoms with van der Waals surface area (Å²) in [6.07, 6.45) is 0. The van der Waals surface area contributed by atoms with E-state index >= 15 is 0 Å². The Labute approximate surface area is 113 Å². The van der Waals surface area contributed by atoms with Crippen molar-refractivity contribution in [3.8, 4) is 0 Å².